The van der Waals surface area contributed by atoms with Crippen LogP contribution >= 0.6 is 0 Å². The van der Waals surface area contributed by atoms with Crippen LogP contribution in [0, 0.1) is 5.92 Å². The van der Waals surface area contributed by atoms with Crippen LogP contribution < -0.4 is 5.32 Å². The number of aryl methyl sites for hydroxylation is 1. The predicted molar refractivity (Wildman–Crippen MR) is 80.9 cm³/mol. The standard InChI is InChI=1S/C17H23NO2/c1-4-14-16(13-7-5-6-8-15(13)20-14)17(18-3)12-9-10-19-11(12)2/h5-8,11-12,17-18H,4,9-10H2,1-3H3. The molecule has 3 atom stereocenters. The molecule has 3 rings (SSSR count). The minimum Gasteiger partial charge on any atom is -0.461 e. The number of rotatable bonds is 4. The predicted octanol–water partition coefficient (Wildman–Crippen LogP) is 3.68. The maximum atomic E-state index is 6.05. The van der Waals surface area contributed by atoms with Crippen LogP contribution in [0.1, 0.15) is 37.6 Å². The molecule has 1 aliphatic heterocycles. The van der Waals surface area contributed by atoms with Crippen LogP contribution in [-0.4, -0.2) is 19.8 Å². The summed E-state index contributed by atoms with van der Waals surface area (Å²) in [6.07, 6.45) is 2.32. The van der Waals surface area contributed by atoms with E-state index in [1.807, 2.05) is 13.1 Å². The molecule has 2 aromatic rings. The Hall–Kier alpha value is -1.32. The minimum atomic E-state index is 0.297. The van der Waals surface area contributed by atoms with Crippen LogP contribution in [0.4, 0.5) is 0 Å². The van der Waals surface area contributed by atoms with E-state index in [2.05, 4.69) is 37.4 Å². The van der Waals surface area contributed by atoms with Crippen LogP contribution in [-0.2, 0) is 11.2 Å². The average Bonchev–Trinajstić information content (AvgIpc) is 3.05. The van der Waals surface area contributed by atoms with Gasteiger partial charge in [0, 0.05) is 35.9 Å². The van der Waals surface area contributed by atoms with E-state index >= 15 is 0 Å². The van der Waals surface area contributed by atoms with Crippen molar-refractivity contribution in [3.63, 3.8) is 0 Å². The topological polar surface area (TPSA) is 34.4 Å². The molecule has 1 saturated heterocycles. The molecule has 20 heavy (non-hydrogen) atoms. The van der Waals surface area contributed by atoms with Crippen LogP contribution in [0.15, 0.2) is 28.7 Å². The molecule has 108 valence electrons. The Bertz CT molecular complexity index is 590. The summed E-state index contributed by atoms with van der Waals surface area (Å²) in [7, 11) is 2.04. The zero-order valence-corrected chi connectivity index (χ0v) is 12.5. The molecular formula is C17H23NO2. The molecule has 2 heterocycles. The average molecular weight is 273 g/mol. The fraction of sp³-hybridized carbons (Fsp3) is 0.529. The van der Waals surface area contributed by atoms with Gasteiger partial charge in [-0.1, -0.05) is 25.1 Å². The summed E-state index contributed by atoms with van der Waals surface area (Å²) in [6.45, 7) is 5.19. The largest absolute Gasteiger partial charge is 0.461 e. The number of para-hydroxylation sites is 1. The summed E-state index contributed by atoms with van der Waals surface area (Å²) in [5.74, 6) is 1.61. The number of ether oxygens (including phenoxy) is 1. The third-order valence-electron chi connectivity index (χ3n) is 4.52. The Morgan fingerprint density at radius 2 is 2.15 bits per heavy atom. The van der Waals surface area contributed by atoms with E-state index in [4.69, 9.17) is 9.15 Å². The highest BCUT2D eigenvalue weighted by Crippen LogP contribution is 2.39. The second-order valence-electron chi connectivity index (χ2n) is 5.58. The van der Waals surface area contributed by atoms with Crippen LogP contribution in [0.3, 0.4) is 0 Å². The van der Waals surface area contributed by atoms with Gasteiger partial charge in [0.2, 0.25) is 0 Å². The Labute approximate surface area is 120 Å². The monoisotopic (exact) mass is 273 g/mol. The van der Waals surface area contributed by atoms with E-state index in [1.54, 1.807) is 0 Å². The fourth-order valence-electron chi connectivity index (χ4n) is 3.48. The van der Waals surface area contributed by atoms with E-state index in [-0.39, 0.29) is 0 Å². The van der Waals surface area contributed by atoms with Crippen molar-refractivity contribution in [2.45, 2.75) is 38.8 Å². The van der Waals surface area contributed by atoms with Gasteiger partial charge in [-0.2, -0.15) is 0 Å². The summed E-state index contributed by atoms with van der Waals surface area (Å²) in [5, 5.41) is 4.74. The van der Waals surface area contributed by atoms with Gasteiger partial charge in [0.1, 0.15) is 11.3 Å². The van der Waals surface area contributed by atoms with E-state index in [0.717, 1.165) is 30.8 Å². The van der Waals surface area contributed by atoms with Crippen LogP contribution in [0.2, 0.25) is 0 Å². The van der Waals surface area contributed by atoms with Crippen molar-refractivity contribution in [1.82, 2.24) is 5.32 Å². The van der Waals surface area contributed by atoms with Crippen molar-refractivity contribution in [2.24, 2.45) is 5.92 Å². The second kappa shape index (κ2) is 5.58. The van der Waals surface area contributed by atoms with Gasteiger partial charge in [0.05, 0.1) is 6.10 Å². The second-order valence-corrected chi connectivity index (χ2v) is 5.58. The van der Waals surface area contributed by atoms with Gasteiger partial charge in [0.15, 0.2) is 0 Å². The third kappa shape index (κ3) is 2.15. The highest BCUT2D eigenvalue weighted by atomic mass is 16.5. The van der Waals surface area contributed by atoms with Crippen LogP contribution in [0.5, 0.6) is 0 Å². The summed E-state index contributed by atoms with van der Waals surface area (Å²) in [6, 6.07) is 8.63. The van der Waals surface area contributed by atoms with Gasteiger partial charge in [-0.3, -0.25) is 0 Å². The number of hydrogen-bond acceptors (Lipinski definition) is 3. The zero-order chi connectivity index (χ0) is 14.1. The smallest absolute Gasteiger partial charge is 0.134 e. The molecule has 0 bridgehead atoms. The lowest BCUT2D eigenvalue weighted by molar-refractivity contribution is 0.0962. The summed E-state index contributed by atoms with van der Waals surface area (Å²) >= 11 is 0. The molecule has 1 aromatic carbocycles. The molecule has 1 fully saturated rings. The van der Waals surface area contributed by atoms with Crippen molar-refractivity contribution in [3.8, 4) is 0 Å². The molecule has 0 spiro atoms. The first-order valence-corrected chi connectivity index (χ1v) is 7.55. The lowest BCUT2D eigenvalue weighted by Gasteiger charge is -2.26. The number of hydrogen-bond donors (Lipinski definition) is 1. The Morgan fingerprint density at radius 3 is 2.80 bits per heavy atom. The number of fused-ring (bicyclic) bond motifs is 1. The first-order chi connectivity index (χ1) is 9.76. The lowest BCUT2D eigenvalue weighted by atomic mass is 9.86. The Morgan fingerprint density at radius 1 is 1.35 bits per heavy atom. The number of furan rings is 1. The van der Waals surface area contributed by atoms with Gasteiger partial charge < -0.3 is 14.5 Å². The lowest BCUT2D eigenvalue weighted by Crippen LogP contribution is -2.30. The normalized spacial score (nSPS) is 24.4. The molecule has 1 aromatic heterocycles. The Kier molecular flexibility index (Phi) is 3.81. The number of benzene rings is 1. The molecular weight excluding hydrogens is 250 g/mol. The summed E-state index contributed by atoms with van der Waals surface area (Å²) < 4.78 is 11.8. The van der Waals surface area contributed by atoms with Crippen LogP contribution in [0.25, 0.3) is 11.0 Å². The van der Waals surface area contributed by atoms with Crippen molar-refractivity contribution >= 4 is 11.0 Å². The van der Waals surface area contributed by atoms with Crippen molar-refractivity contribution in [3.05, 3.63) is 35.6 Å². The van der Waals surface area contributed by atoms with Gasteiger partial charge in [-0.05, 0) is 26.5 Å². The van der Waals surface area contributed by atoms with Gasteiger partial charge in [-0.25, -0.2) is 0 Å². The maximum Gasteiger partial charge on any atom is 0.134 e. The first-order valence-electron chi connectivity index (χ1n) is 7.55. The molecule has 3 heteroatoms. The van der Waals surface area contributed by atoms with Crippen molar-refractivity contribution in [1.29, 1.82) is 0 Å². The quantitative estimate of drug-likeness (QED) is 0.922. The summed E-state index contributed by atoms with van der Waals surface area (Å²) in [5.41, 5.74) is 2.32. The molecule has 3 unspecified atom stereocenters. The van der Waals surface area contributed by atoms with E-state index in [1.165, 1.54) is 10.9 Å². The highest BCUT2D eigenvalue weighted by Gasteiger charge is 2.35. The Balaban J connectivity index is 2.10. The van der Waals surface area contributed by atoms with Crippen molar-refractivity contribution < 1.29 is 9.15 Å². The van der Waals surface area contributed by atoms with Gasteiger partial charge >= 0.3 is 0 Å². The molecule has 0 radical (unpaired) electrons. The van der Waals surface area contributed by atoms with E-state index in [0.29, 0.717) is 18.1 Å². The highest BCUT2D eigenvalue weighted by molar-refractivity contribution is 5.82. The molecule has 1 aliphatic rings. The van der Waals surface area contributed by atoms with Gasteiger partial charge in [0.25, 0.3) is 0 Å². The molecule has 1 N–H and O–H groups in total. The molecule has 0 aliphatic carbocycles. The van der Waals surface area contributed by atoms with Crippen molar-refractivity contribution in [2.75, 3.05) is 13.7 Å². The molecule has 3 nitrogen and oxygen atoms in total. The maximum absolute atomic E-state index is 6.05. The van der Waals surface area contributed by atoms with Gasteiger partial charge in [-0.15, -0.1) is 0 Å². The third-order valence-corrected chi connectivity index (χ3v) is 4.52. The first kappa shape index (κ1) is 13.7. The fourth-order valence-corrected chi connectivity index (χ4v) is 3.48. The SMILES string of the molecule is CCc1oc2ccccc2c1C(NC)C1CCOC1C. The number of nitrogens with one attached hydrogen (secondary N) is 1. The minimum absolute atomic E-state index is 0.297. The van der Waals surface area contributed by atoms with E-state index in [9.17, 15) is 0 Å². The molecule has 0 saturated carbocycles. The molecule has 0 amide bonds. The zero-order valence-electron chi connectivity index (χ0n) is 12.5. The summed E-state index contributed by atoms with van der Waals surface area (Å²) in [4.78, 5) is 0. The van der Waals surface area contributed by atoms with E-state index < -0.39 is 0 Å².